The molecule has 2 fully saturated rings. The minimum atomic E-state index is -6.49. The first-order valence-corrected chi connectivity index (χ1v) is 23.0. The Balaban J connectivity index is 1.12. The molecule has 6 rings (SSSR count). The zero-order chi connectivity index (χ0) is 45.1. The average Bonchev–Trinajstić information content (AvgIpc) is 3.81. The molecular weight excluding hydrogens is 912 g/mol. The van der Waals surface area contributed by atoms with Crippen LogP contribution in [0.1, 0.15) is 26.3 Å². The third kappa shape index (κ3) is 10.2. The zero-order valence-corrected chi connectivity index (χ0v) is 35.5. The van der Waals surface area contributed by atoms with Gasteiger partial charge in [-0.25, -0.2) is 27.7 Å². The molecule has 7 unspecified atom stereocenters. The predicted molar refractivity (Wildman–Crippen MR) is 181 cm³/mol. The van der Waals surface area contributed by atoms with E-state index in [-0.39, 0.29) is 22.3 Å². The number of anilines is 2. The molecule has 35 heteroatoms. The van der Waals surface area contributed by atoms with Crippen LogP contribution in [-0.4, -0.2) is 102 Å². The summed E-state index contributed by atoms with van der Waals surface area (Å²) in [5.41, 5.74) is 10.7. The maximum absolute atomic E-state index is 12.7. The van der Waals surface area contributed by atoms with Crippen molar-refractivity contribution in [2.45, 2.75) is 69.0 Å². The van der Waals surface area contributed by atoms with E-state index in [1.807, 2.05) is 0 Å². The number of aromatic nitrogens is 8. The SMILES string of the molecule is COC1C(O)[C@H]([n+]2cn(C)c3c([O-])nc(N)nc32)O[C@@H]1COP(=O)([O-])OP(=O)([O-])OP(=O)([O-])OC[C@H]1O[C@@H]([n+]2cn(C)c3c([O-])nc(N)nc32)[C@@H](O)C1OP(=O)([O-])OC(C)C. The number of methoxy groups -OCH3 is 1. The first kappa shape index (κ1) is 47.1. The van der Waals surface area contributed by atoms with Gasteiger partial charge in [-0.3, -0.25) is 27.4 Å². The average molecular weight is 949 g/mol. The van der Waals surface area contributed by atoms with Crippen molar-refractivity contribution in [3.05, 3.63) is 12.7 Å². The van der Waals surface area contributed by atoms with Crippen molar-refractivity contribution >= 4 is 65.5 Å². The summed E-state index contributed by atoms with van der Waals surface area (Å²) in [6.07, 6.45) is -12.2. The fraction of sp³-hybridized carbons (Fsp3) is 0.615. The second-order valence-corrected chi connectivity index (χ2v) is 19.3. The lowest BCUT2D eigenvalue weighted by Gasteiger charge is -2.35. The molecule has 4 aromatic rings. The van der Waals surface area contributed by atoms with Gasteiger partial charge < -0.3 is 83.8 Å². The van der Waals surface area contributed by atoms with E-state index in [9.17, 15) is 58.3 Å². The summed E-state index contributed by atoms with van der Waals surface area (Å²) in [5, 5.41) is 47.0. The van der Waals surface area contributed by atoms with Crippen molar-refractivity contribution in [1.29, 1.82) is 0 Å². The number of hydrogen-bond acceptors (Lipinski definition) is 27. The van der Waals surface area contributed by atoms with E-state index < -0.39 is 123 Å². The van der Waals surface area contributed by atoms with Gasteiger partial charge in [-0.05, 0) is 13.8 Å². The number of hydrogen-bond donors (Lipinski definition) is 4. The highest BCUT2D eigenvalue weighted by Gasteiger charge is 2.51. The first-order chi connectivity index (χ1) is 28.2. The van der Waals surface area contributed by atoms with Crippen LogP contribution in [0.5, 0.6) is 11.8 Å². The molecule has 6 N–H and O–H groups in total. The van der Waals surface area contributed by atoms with Crippen LogP contribution in [0, 0.1) is 0 Å². The molecule has 12 atom stereocenters. The monoisotopic (exact) mass is 948 g/mol. The van der Waals surface area contributed by atoms with Crippen LogP contribution >= 0.6 is 31.3 Å². The van der Waals surface area contributed by atoms with Gasteiger partial charge in [0.05, 0.1) is 33.4 Å². The number of aliphatic hydroxyl groups is 2. The summed E-state index contributed by atoms with van der Waals surface area (Å²) in [7, 11) is -20.2. The lowest BCUT2D eigenvalue weighted by Crippen LogP contribution is -2.46. The molecule has 0 spiro atoms. The number of rotatable bonds is 17. The molecule has 2 saturated heterocycles. The van der Waals surface area contributed by atoms with Gasteiger partial charge >= 0.3 is 11.3 Å². The van der Waals surface area contributed by atoms with Crippen LogP contribution in [-0.2, 0) is 73.3 Å². The van der Waals surface area contributed by atoms with Gasteiger partial charge in [-0.1, -0.05) is 9.97 Å². The maximum Gasteiger partial charge on any atom is 0.309 e. The molecule has 2 aliphatic heterocycles. The molecule has 0 saturated carbocycles. The van der Waals surface area contributed by atoms with Crippen LogP contribution in [0.4, 0.5) is 11.9 Å². The van der Waals surface area contributed by atoms with E-state index in [0.29, 0.717) is 0 Å². The van der Waals surface area contributed by atoms with E-state index in [2.05, 4.69) is 37.6 Å². The standard InChI is InChI=1S/C26H40N10O21P4/c1-10(2)54-60(45,46)55-18-12(53-24(16(18)38)36-9-34(4)14-20(36)30-26(28)32-22(14)40)7-51-59(43,44)57-61(47,48)56-58(41,42)50-6-11-17(49-5)15(37)23(52-11)35-8-33(3)13-19(35)29-25(27)31-21(13)39/h8-12,15-18,23-24,37-38H,6-7H2,1-5H3,(H8-2,27,28,29,30,31,32,39,40,41,42,43,44,45,46,47,48)/p-4/t11-,12-,15?,16+,17?,18?,23-,24-/m1/s1. The van der Waals surface area contributed by atoms with Crippen LogP contribution in [0.3, 0.4) is 0 Å². The number of nitrogens with zero attached hydrogens (tertiary/aromatic N) is 8. The van der Waals surface area contributed by atoms with Crippen molar-refractivity contribution in [1.82, 2.24) is 29.1 Å². The summed E-state index contributed by atoms with van der Waals surface area (Å²) < 4.78 is 98.5. The Hall–Kier alpha value is -3.38. The second kappa shape index (κ2) is 17.3. The van der Waals surface area contributed by atoms with Crippen molar-refractivity contribution < 1.29 is 108 Å². The van der Waals surface area contributed by atoms with Gasteiger partial charge in [0.25, 0.3) is 43.2 Å². The van der Waals surface area contributed by atoms with E-state index >= 15 is 0 Å². The number of phosphoric acid groups is 4. The number of fused-ring (bicyclic) bond motifs is 2. The predicted octanol–water partition coefficient (Wildman–Crippen LogP) is -5.88. The molecule has 6 heterocycles. The number of ether oxygens (including phenoxy) is 3. The van der Waals surface area contributed by atoms with Crippen molar-refractivity contribution in [3.8, 4) is 11.8 Å². The zero-order valence-electron chi connectivity index (χ0n) is 31.9. The molecule has 0 aliphatic carbocycles. The van der Waals surface area contributed by atoms with Gasteiger partial charge in [0.1, 0.15) is 36.6 Å². The Morgan fingerprint density at radius 1 is 0.738 bits per heavy atom. The van der Waals surface area contributed by atoms with Crippen LogP contribution in [0.15, 0.2) is 12.7 Å². The summed E-state index contributed by atoms with van der Waals surface area (Å²) in [4.78, 5) is 65.5. The lowest BCUT2D eigenvalue weighted by atomic mass is 10.1. The smallest absolute Gasteiger partial charge is 0.309 e. The van der Waals surface area contributed by atoms with Gasteiger partial charge in [0.2, 0.25) is 12.5 Å². The minimum Gasteiger partial charge on any atom is -0.856 e. The normalized spacial score (nSPS) is 28.6. The summed E-state index contributed by atoms with van der Waals surface area (Å²) in [6, 6.07) is 0. The van der Waals surface area contributed by atoms with E-state index in [0.717, 1.165) is 11.7 Å². The van der Waals surface area contributed by atoms with Crippen molar-refractivity contribution in [2.24, 2.45) is 14.1 Å². The summed E-state index contributed by atoms with van der Waals surface area (Å²) in [5.74, 6) is -2.52. The molecule has 0 amide bonds. The first-order valence-electron chi connectivity index (χ1n) is 17.2. The molecule has 340 valence electrons. The van der Waals surface area contributed by atoms with E-state index in [1.54, 1.807) is 0 Å². The Morgan fingerprint density at radius 2 is 1.15 bits per heavy atom. The number of phosphoric ester groups is 3. The molecule has 4 aromatic heterocycles. The fourth-order valence-electron chi connectivity index (χ4n) is 6.48. The number of imidazole rings is 2. The third-order valence-corrected chi connectivity index (χ3v) is 14.0. The maximum atomic E-state index is 12.7. The highest BCUT2D eigenvalue weighted by atomic mass is 31.3. The van der Waals surface area contributed by atoms with Crippen LogP contribution < -0.4 is 50.4 Å². The molecule has 0 radical (unpaired) electrons. The molecule has 31 nitrogen and oxygen atoms in total. The highest BCUT2D eigenvalue weighted by molar-refractivity contribution is 7.65. The van der Waals surface area contributed by atoms with Crippen LogP contribution in [0.25, 0.3) is 22.3 Å². The van der Waals surface area contributed by atoms with E-state index in [4.69, 9.17) is 34.7 Å². The Labute approximate surface area is 342 Å². The highest BCUT2D eigenvalue weighted by Crippen LogP contribution is 2.63. The van der Waals surface area contributed by atoms with Gasteiger partial charge in [-0.15, -0.1) is 0 Å². The third-order valence-electron chi connectivity index (χ3n) is 8.72. The lowest BCUT2D eigenvalue weighted by molar-refractivity contribution is -0.746. The number of aryl methyl sites for hydroxylation is 2. The summed E-state index contributed by atoms with van der Waals surface area (Å²) >= 11 is 0. The Morgan fingerprint density at radius 3 is 1.56 bits per heavy atom. The molecule has 0 aromatic carbocycles. The summed E-state index contributed by atoms with van der Waals surface area (Å²) in [6.45, 7) is 0.164. The topological polar surface area (TPSA) is 451 Å². The van der Waals surface area contributed by atoms with Crippen LogP contribution in [0.2, 0.25) is 0 Å². The minimum absolute atomic E-state index is 0.0431. The van der Waals surface area contributed by atoms with Gasteiger partial charge in [0, 0.05) is 18.9 Å². The Kier molecular flexibility index (Phi) is 13.4. The fourth-order valence-corrected chi connectivity index (χ4v) is 11.0. The number of nitrogen functional groups attached to an aromatic ring is 2. The molecule has 2 aliphatic rings. The second-order valence-electron chi connectivity index (χ2n) is 13.5. The number of aliphatic hydroxyl groups excluding tert-OH is 2. The quantitative estimate of drug-likeness (QED) is 0.0565. The molecule has 61 heavy (non-hydrogen) atoms. The van der Waals surface area contributed by atoms with Gasteiger partial charge in [0.15, 0.2) is 23.7 Å². The molecular formula is C26H36N10O21P4-4. The molecule has 0 bridgehead atoms. The van der Waals surface area contributed by atoms with E-state index in [1.165, 1.54) is 54.3 Å². The Bertz CT molecular complexity index is 2490. The van der Waals surface area contributed by atoms with Crippen molar-refractivity contribution in [3.63, 3.8) is 0 Å². The number of nitrogens with two attached hydrogens (primary N) is 2. The van der Waals surface area contributed by atoms with Crippen molar-refractivity contribution in [2.75, 3.05) is 31.8 Å². The van der Waals surface area contributed by atoms with Gasteiger partial charge in [-0.2, -0.15) is 0 Å². The largest absolute Gasteiger partial charge is 0.856 e.